The number of ether oxygens (including phenoxy) is 1. The molecule has 2 amide bonds. The molecule has 31 heavy (non-hydrogen) atoms. The molecule has 2 aromatic rings. The lowest BCUT2D eigenvalue weighted by Gasteiger charge is -2.33. The summed E-state index contributed by atoms with van der Waals surface area (Å²) in [5, 5.41) is 5.25. The van der Waals surface area contributed by atoms with Gasteiger partial charge in [-0.1, -0.05) is 30.3 Å². The Morgan fingerprint density at radius 1 is 1.06 bits per heavy atom. The molecular weight excluding hydrogens is 402 g/mol. The van der Waals surface area contributed by atoms with E-state index in [1.165, 1.54) is 5.56 Å². The molecule has 0 spiro atoms. The first-order chi connectivity index (χ1) is 15.1. The van der Waals surface area contributed by atoms with Crippen molar-refractivity contribution in [1.82, 2.24) is 10.2 Å². The van der Waals surface area contributed by atoms with Gasteiger partial charge in [-0.3, -0.25) is 4.90 Å². The van der Waals surface area contributed by atoms with E-state index in [1.807, 2.05) is 18.2 Å². The molecule has 0 aliphatic carbocycles. The highest BCUT2D eigenvalue weighted by atomic mass is 19.1. The molecule has 1 unspecified atom stereocenters. The predicted octanol–water partition coefficient (Wildman–Crippen LogP) is 3.59. The van der Waals surface area contributed by atoms with Crippen LogP contribution in [0.3, 0.4) is 0 Å². The van der Waals surface area contributed by atoms with Crippen molar-refractivity contribution in [3.63, 3.8) is 0 Å². The summed E-state index contributed by atoms with van der Waals surface area (Å²) in [4.78, 5) is 16.2. The summed E-state index contributed by atoms with van der Waals surface area (Å²) < 4.78 is 34.6. The summed E-state index contributed by atoms with van der Waals surface area (Å²) in [5.74, 6) is -1.33. The van der Waals surface area contributed by atoms with Gasteiger partial charge < -0.3 is 20.3 Å². The first kappa shape index (κ1) is 21.5. The maximum Gasteiger partial charge on any atom is 0.319 e. The number of nitrogens with zero attached hydrogens (tertiary/aromatic N) is 2. The van der Waals surface area contributed by atoms with Gasteiger partial charge in [-0.25, -0.2) is 13.6 Å². The molecule has 1 atom stereocenters. The third kappa shape index (κ3) is 5.71. The lowest BCUT2D eigenvalue weighted by atomic mass is 10.2. The Balaban J connectivity index is 1.27. The molecule has 2 aromatic carbocycles. The minimum atomic E-state index is -0.663. The Labute approximate surface area is 181 Å². The average Bonchev–Trinajstić information content (AvgIpc) is 3.27. The molecule has 0 bridgehead atoms. The van der Waals surface area contributed by atoms with Crippen LogP contribution in [-0.2, 0) is 11.3 Å². The number of anilines is 2. The number of hydrogen-bond donors (Lipinski definition) is 2. The van der Waals surface area contributed by atoms with Gasteiger partial charge in [0.2, 0.25) is 0 Å². The van der Waals surface area contributed by atoms with E-state index in [0.717, 1.165) is 38.1 Å². The molecule has 0 saturated carbocycles. The van der Waals surface area contributed by atoms with Gasteiger partial charge in [-0.05, 0) is 30.5 Å². The fraction of sp³-hybridized carbons (Fsp3) is 0.435. The van der Waals surface area contributed by atoms with Crippen molar-refractivity contribution in [2.75, 3.05) is 49.5 Å². The van der Waals surface area contributed by atoms with Crippen LogP contribution < -0.4 is 15.5 Å². The number of benzene rings is 2. The van der Waals surface area contributed by atoms with Gasteiger partial charge in [0, 0.05) is 45.0 Å². The molecule has 2 aliphatic rings. The predicted molar refractivity (Wildman–Crippen MR) is 116 cm³/mol. The summed E-state index contributed by atoms with van der Waals surface area (Å²) in [6.45, 7) is 4.55. The highest BCUT2D eigenvalue weighted by Crippen LogP contribution is 2.29. The van der Waals surface area contributed by atoms with Gasteiger partial charge in [0.05, 0.1) is 12.7 Å². The molecule has 6 nitrogen and oxygen atoms in total. The smallest absolute Gasteiger partial charge is 0.319 e. The number of rotatable bonds is 6. The van der Waals surface area contributed by atoms with Crippen LogP contribution in [0.2, 0.25) is 0 Å². The second kappa shape index (κ2) is 10.1. The van der Waals surface area contributed by atoms with Crippen LogP contribution >= 0.6 is 0 Å². The number of hydrogen-bond acceptors (Lipinski definition) is 4. The third-order valence-corrected chi connectivity index (χ3v) is 5.66. The van der Waals surface area contributed by atoms with Crippen molar-refractivity contribution in [1.29, 1.82) is 0 Å². The van der Waals surface area contributed by atoms with Crippen molar-refractivity contribution in [2.24, 2.45) is 0 Å². The van der Waals surface area contributed by atoms with E-state index in [2.05, 4.69) is 27.7 Å². The zero-order valence-corrected chi connectivity index (χ0v) is 17.4. The quantitative estimate of drug-likeness (QED) is 0.736. The highest BCUT2D eigenvalue weighted by molar-refractivity contribution is 5.89. The van der Waals surface area contributed by atoms with E-state index in [9.17, 15) is 13.6 Å². The zero-order chi connectivity index (χ0) is 21.6. The molecule has 166 valence electrons. The van der Waals surface area contributed by atoms with Crippen molar-refractivity contribution in [3.05, 3.63) is 59.7 Å². The lowest BCUT2D eigenvalue weighted by Crippen LogP contribution is -2.47. The fourth-order valence-electron chi connectivity index (χ4n) is 4.15. The summed E-state index contributed by atoms with van der Waals surface area (Å²) in [5.41, 5.74) is 1.30. The van der Waals surface area contributed by atoms with Crippen molar-refractivity contribution < 1.29 is 18.3 Å². The van der Waals surface area contributed by atoms with E-state index < -0.39 is 17.7 Å². The Kier molecular flexibility index (Phi) is 6.99. The first-order valence-corrected chi connectivity index (χ1v) is 10.8. The van der Waals surface area contributed by atoms with Gasteiger partial charge >= 0.3 is 6.03 Å². The third-order valence-electron chi connectivity index (χ3n) is 5.66. The number of urea groups is 1. The van der Waals surface area contributed by atoms with Crippen LogP contribution in [0, 0.1) is 11.6 Å². The molecule has 2 N–H and O–H groups in total. The fourth-order valence-corrected chi connectivity index (χ4v) is 4.15. The Morgan fingerprint density at radius 3 is 2.48 bits per heavy atom. The summed E-state index contributed by atoms with van der Waals surface area (Å²) in [6, 6.07) is 12.0. The van der Waals surface area contributed by atoms with Gasteiger partial charge in [0.25, 0.3) is 0 Å². The summed E-state index contributed by atoms with van der Waals surface area (Å²) in [6.07, 6.45) is 1.70. The first-order valence-electron chi connectivity index (χ1n) is 10.8. The molecule has 2 heterocycles. The second-order valence-corrected chi connectivity index (χ2v) is 8.03. The minimum Gasteiger partial charge on any atom is -0.374 e. The van der Waals surface area contributed by atoms with Gasteiger partial charge in [-0.2, -0.15) is 0 Å². The largest absolute Gasteiger partial charge is 0.374 e. The van der Waals surface area contributed by atoms with Crippen molar-refractivity contribution in [2.45, 2.75) is 25.5 Å². The van der Waals surface area contributed by atoms with Crippen LogP contribution in [0.15, 0.2) is 42.5 Å². The minimum absolute atomic E-state index is 0.0161. The SMILES string of the molecule is O=C(NCC1CN(Cc2ccccc2)CCO1)Nc1cc(F)c(N2CCCC2)c(F)c1. The van der Waals surface area contributed by atoms with E-state index in [1.54, 1.807) is 4.90 Å². The molecular formula is C23H28F2N4O2. The van der Waals surface area contributed by atoms with Crippen molar-refractivity contribution in [3.8, 4) is 0 Å². The van der Waals surface area contributed by atoms with Gasteiger partial charge in [0.1, 0.15) is 5.69 Å². The number of nitrogens with one attached hydrogen (secondary N) is 2. The number of carbonyl (C=O) groups is 1. The topological polar surface area (TPSA) is 56.8 Å². The molecule has 2 aliphatic heterocycles. The number of carbonyl (C=O) groups excluding carboxylic acids is 1. The molecule has 2 saturated heterocycles. The zero-order valence-electron chi connectivity index (χ0n) is 17.4. The van der Waals surface area contributed by atoms with Crippen molar-refractivity contribution >= 4 is 17.4 Å². The van der Waals surface area contributed by atoms with Gasteiger partial charge in [0.15, 0.2) is 11.6 Å². The van der Waals surface area contributed by atoms with Crippen LogP contribution in [-0.4, -0.2) is 56.4 Å². The molecule has 0 radical (unpaired) electrons. The van der Waals surface area contributed by atoms with E-state index in [0.29, 0.717) is 32.8 Å². The maximum absolute atomic E-state index is 14.4. The molecule has 8 heteroatoms. The monoisotopic (exact) mass is 430 g/mol. The lowest BCUT2D eigenvalue weighted by molar-refractivity contribution is -0.0285. The van der Waals surface area contributed by atoms with E-state index >= 15 is 0 Å². The standard InChI is InChI=1S/C23H28F2N4O2/c24-20-12-18(13-21(25)22(20)29-8-4-5-9-29)27-23(30)26-14-19-16-28(10-11-31-19)15-17-6-2-1-3-7-17/h1-3,6-7,12-13,19H,4-5,8-11,14-16H2,(H2,26,27,30). The summed E-state index contributed by atoms with van der Waals surface area (Å²) in [7, 11) is 0. The van der Waals surface area contributed by atoms with Crippen LogP contribution in [0.5, 0.6) is 0 Å². The second-order valence-electron chi connectivity index (χ2n) is 8.03. The Bertz CT molecular complexity index is 867. The van der Waals surface area contributed by atoms with E-state index in [-0.39, 0.29) is 17.5 Å². The molecule has 0 aromatic heterocycles. The highest BCUT2D eigenvalue weighted by Gasteiger charge is 2.23. The number of amides is 2. The molecule has 2 fully saturated rings. The van der Waals surface area contributed by atoms with Gasteiger partial charge in [-0.15, -0.1) is 0 Å². The normalized spacial score (nSPS) is 19.4. The Morgan fingerprint density at radius 2 is 1.77 bits per heavy atom. The summed E-state index contributed by atoms with van der Waals surface area (Å²) >= 11 is 0. The van der Waals surface area contributed by atoms with Crippen LogP contribution in [0.25, 0.3) is 0 Å². The molecule has 4 rings (SSSR count). The van der Waals surface area contributed by atoms with E-state index in [4.69, 9.17) is 4.74 Å². The van der Waals surface area contributed by atoms with Crippen LogP contribution in [0.4, 0.5) is 25.0 Å². The average molecular weight is 430 g/mol. The number of halogens is 2. The Hall–Kier alpha value is -2.71. The van der Waals surface area contributed by atoms with Crippen LogP contribution in [0.1, 0.15) is 18.4 Å². The maximum atomic E-state index is 14.4. The number of morpholine rings is 1.